The molecule has 0 fully saturated rings. The molecule has 0 saturated carbocycles. The summed E-state index contributed by atoms with van der Waals surface area (Å²) in [6.45, 7) is 9.81. The fraction of sp³-hybridized carbons (Fsp3) is 0.650. The molecule has 0 radical (unpaired) electrons. The van der Waals surface area contributed by atoms with Gasteiger partial charge in [-0.25, -0.2) is 9.69 Å². The van der Waals surface area contributed by atoms with Crippen molar-refractivity contribution < 1.29 is 20.1 Å². The summed E-state index contributed by atoms with van der Waals surface area (Å²) in [5, 5.41) is 33.2. The predicted molar refractivity (Wildman–Crippen MR) is 107 cm³/mol. The zero-order chi connectivity index (χ0) is 20.4. The lowest BCUT2D eigenvalue weighted by molar-refractivity contribution is 0.0692. The number of benzene rings is 1. The van der Waals surface area contributed by atoms with Crippen LogP contribution in [0.3, 0.4) is 0 Å². The molecule has 0 saturated heterocycles. The van der Waals surface area contributed by atoms with Crippen LogP contribution in [0.25, 0.3) is 0 Å². The van der Waals surface area contributed by atoms with E-state index in [1.807, 2.05) is 39.0 Å². The summed E-state index contributed by atoms with van der Waals surface area (Å²) < 4.78 is 0. The zero-order valence-corrected chi connectivity index (χ0v) is 16.9. The maximum absolute atomic E-state index is 13.0. The molecule has 7 nitrogen and oxygen atoms in total. The Morgan fingerprint density at radius 2 is 1.78 bits per heavy atom. The summed E-state index contributed by atoms with van der Waals surface area (Å²) in [4.78, 5) is 16.0. The fourth-order valence-electron chi connectivity index (χ4n) is 3.21. The topological polar surface area (TPSA) is 96.3 Å². The Hall–Kier alpha value is -1.83. The summed E-state index contributed by atoms with van der Waals surface area (Å²) in [6, 6.07) is 6.67. The lowest BCUT2D eigenvalue weighted by Gasteiger charge is -2.34. The molecule has 1 aromatic carbocycles. The van der Waals surface area contributed by atoms with Gasteiger partial charge in [-0.05, 0) is 44.2 Å². The van der Waals surface area contributed by atoms with Crippen LogP contribution in [0.4, 0.5) is 16.2 Å². The first kappa shape index (κ1) is 21.5. The molecule has 0 aliphatic carbocycles. The van der Waals surface area contributed by atoms with Gasteiger partial charge in [-0.2, -0.15) is 0 Å². The summed E-state index contributed by atoms with van der Waals surface area (Å²) >= 11 is 0. The fourth-order valence-corrected chi connectivity index (χ4v) is 3.21. The van der Waals surface area contributed by atoms with E-state index in [2.05, 4.69) is 5.32 Å². The van der Waals surface area contributed by atoms with Crippen molar-refractivity contribution in [2.45, 2.75) is 65.5 Å². The second kappa shape index (κ2) is 8.04. The molecule has 2 rings (SSSR count). The van der Waals surface area contributed by atoms with Gasteiger partial charge in [0.2, 0.25) is 6.35 Å². The van der Waals surface area contributed by atoms with Gasteiger partial charge >= 0.3 is 6.03 Å². The smallest absolute Gasteiger partial charge is 0.325 e. The minimum Gasteiger partial charge on any atom is -0.396 e. The average Bonchev–Trinajstić information content (AvgIpc) is 2.82. The molecule has 2 atom stereocenters. The second-order valence-corrected chi connectivity index (χ2v) is 8.84. The van der Waals surface area contributed by atoms with Crippen LogP contribution >= 0.6 is 0 Å². The molecular formula is C20H33N3O4. The molecule has 0 aromatic heterocycles. The van der Waals surface area contributed by atoms with Gasteiger partial charge in [0, 0.05) is 19.2 Å². The largest absolute Gasteiger partial charge is 0.396 e. The number of anilines is 2. The van der Waals surface area contributed by atoms with E-state index in [9.17, 15) is 20.1 Å². The highest BCUT2D eigenvalue weighted by Gasteiger charge is 2.40. The van der Waals surface area contributed by atoms with Crippen LogP contribution in [-0.4, -0.2) is 52.5 Å². The average molecular weight is 380 g/mol. The molecule has 27 heavy (non-hydrogen) atoms. The Labute approximate surface area is 161 Å². The Morgan fingerprint density at radius 3 is 2.30 bits per heavy atom. The van der Waals surface area contributed by atoms with Gasteiger partial charge in [0.15, 0.2) is 0 Å². The number of urea groups is 1. The number of nitrogens with zero attached hydrogens (tertiary/aromatic N) is 2. The maximum Gasteiger partial charge on any atom is 0.325 e. The zero-order valence-electron chi connectivity index (χ0n) is 16.9. The van der Waals surface area contributed by atoms with Crippen LogP contribution in [0.15, 0.2) is 24.3 Å². The van der Waals surface area contributed by atoms with E-state index in [4.69, 9.17) is 0 Å². The van der Waals surface area contributed by atoms with Crippen molar-refractivity contribution in [1.29, 1.82) is 0 Å². The first-order valence-electron chi connectivity index (χ1n) is 9.42. The van der Waals surface area contributed by atoms with Crippen molar-refractivity contribution in [2.75, 3.05) is 23.0 Å². The Kier molecular flexibility index (Phi) is 6.39. The molecule has 0 bridgehead atoms. The van der Waals surface area contributed by atoms with E-state index in [1.165, 1.54) is 4.90 Å². The SMILES string of the molecule is CC(C)(O)CCN1c2ccccc2N(C(=O)N[C@H](CCO)C(C)(C)C)C1O. The number of aliphatic hydroxyl groups excluding tert-OH is 2. The summed E-state index contributed by atoms with van der Waals surface area (Å²) in [5.41, 5.74) is 0.264. The number of fused-ring (bicyclic) bond motifs is 1. The van der Waals surface area contributed by atoms with E-state index < -0.39 is 18.0 Å². The van der Waals surface area contributed by atoms with Gasteiger partial charge in [0.25, 0.3) is 0 Å². The highest BCUT2D eigenvalue weighted by Crippen LogP contribution is 2.39. The van der Waals surface area contributed by atoms with Gasteiger partial charge in [-0.1, -0.05) is 32.9 Å². The van der Waals surface area contributed by atoms with Gasteiger partial charge in [-0.15, -0.1) is 0 Å². The molecule has 2 amide bonds. The highest BCUT2D eigenvalue weighted by molar-refractivity contribution is 5.99. The van der Waals surface area contributed by atoms with Crippen LogP contribution in [0.5, 0.6) is 0 Å². The van der Waals surface area contributed by atoms with Crippen molar-refractivity contribution in [3.8, 4) is 0 Å². The van der Waals surface area contributed by atoms with Crippen molar-refractivity contribution >= 4 is 17.4 Å². The minimum absolute atomic E-state index is 0.0287. The number of amides is 2. The Morgan fingerprint density at radius 1 is 1.19 bits per heavy atom. The minimum atomic E-state index is -1.15. The third-order valence-electron chi connectivity index (χ3n) is 4.90. The molecule has 0 spiro atoms. The van der Waals surface area contributed by atoms with Crippen molar-refractivity contribution in [1.82, 2.24) is 5.32 Å². The Balaban J connectivity index is 2.25. The maximum atomic E-state index is 13.0. The van der Waals surface area contributed by atoms with E-state index >= 15 is 0 Å². The molecule has 1 aromatic rings. The Bertz CT molecular complexity index is 651. The molecule has 152 valence electrons. The third kappa shape index (κ3) is 5.12. The van der Waals surface area contributed by atoms with Crippen LogP contribution in [0.2, 0.25) is 0 Å². The predicted octanol–water partition coefficient (Wildman–Crippen LogP) is 2.26. The van der Waals surface area contributed by atoms with E-state index in [1.54, 1.807) is 24.8 Å². The lowest BCUT2D eigenvalue weighted by Crippen LogP contribution is -2.55. The lowest BCUT2D eigenvalue weighted by atomic mass is 9.85. The number of rotatable bonds is 6. The van der Waals surface area contributed by atoms with Gasteiger partial charge in [-0.3, -0.25) is 0 Å². The third-order valence-corrected chi connectivity index (χ3v) is 4.90. The monoisotopic (exact) mass is 379 g/mol. The number of para-hydroxylation sites is 2. The number of nitrogens with one attached hydrogen (secondary N) is 1. The molecule has 1 aliphatic heterocycles. The van der Waals surface area contributed by atoms with Gasteiger partial charge < -0.3 is 25.5 Å². The van der Waals surface area contributed by atoms with Crippen LogP contribution in [0.1, 0.15) is 47.5 Å². The summed E-state index contributed by atoms with van der Waals surface area (Å²) in [7, 11) is 0. The summed E-state index contributed by atoms with van der Waals surface area (Å²) in [5.74, 6) is 0. The standard InChI is InChI=1S/C20H33N3O4/c1-19(2,3)16(10-13-24)21-17(25)23-15-9-7-6-8-14(15)22(18(23)26)12-11-20(4,5)27/h6-9,16,18,24,26-27H,10-13H2,1-5H3,(H,21,25)/t16-,18?/m1/s1. The first-order chi connectivity index (χ1) is 12.5. The van der Waals surface area contributed by atoms with Crippen LogP contribution in [-0.2, 0) is 0 Å². The quantitative estimate of drug-likeness (QED) is 0.608. The summed E-state index contributed by atoms with van der Waals surface area (Å²) in [6.07, 6.45) is -0.272. The molecule has 7 heteroatoms. The van der Waals surface area contributed by atoms with Gasteiger partial charge in [0.05, 0.1) is 17.0 Å². The van der Waals surface area contributed by atoms with Crippen LogP contribution in [0, 0.1) is 5.41 Å². The van der Waals surface area contributed by atoms with Crippen molar-refractivity contribution in [3.63, 3.8) is 0 Å². The number of carbonyl (C=O) groups is 1. The van der Waals surface area contributed by atoms with Crippen molar-refractivity contribution in [2.24, 2.45) is 5.41 Å². The van der Waals surface area contributed by atoms with E-state index in [-0.39, 0.29) is 18.1 Å². The molecule has 1 heterocycles. The van der Waals surface area contributed by atoms with Crippen LogP contribution < -0.4 is 15.1 Å². The number of hydrogen-bond donors (Lipinski definition) is 4. The highest BCUT2D eigenvalue weighted by atomic mass is 16.3. The van der Waals surface area contributed by atoms with E-state index in [0.717, 1.165) is 5.69 Å². The molecule has 4 N–H and O–H groups in total. The number of aliphatic hydroxyl groups is 3. The molecule has 1 aliphatic rings. The molecular weight excluding hydrogens is 346 g/mol. The number of carbonyl (C=O) groups excluding carboxylic acids is 1. The van der Waals surface area contributed by atoms with Gasteiger partial charge in [0.1, 0.15) is 0 Å². The molecule has 1 unspecified atom stereocenters. The number of hydrogen-bond acceptors (Lipinski definition) is 5. The normalized spacial score (nSPS) is 18.4. The van der Waals surface area contributed by atoms with Crippen molar-refractivity contribution in [3.05, 3.63) is 24.3 Å². The second-order valence-electron chi connectivity index (χ2n) is 8.84. The first-order valence-corrected chi connectivity index (χ1v) is 9.42. The van der Waals surface area contributed by atoms with E-state index in [0.29, 0.717) is 25.1 Å².